The molecule has 0 bridgehead atoms. The van der Waals surface area contributed by atoms with Crippen molar-refractivity contribution in [2.75, 3.05) is 14.2 Å². The number of hydroxylamine groups is 2. The Bertz CT molecular complexity index is 529. The second kappa shape index (κ2) is 3.79. The highest BCUT2D eigenvalue weighted by Crippen LogP contribution is 3.02. The van der Waals surface area contributed by atoms with Gasteiger partial charge in [-0.3, -0.25) is 9.63 Å². The number of amides is 1. The number of hydrogen-bond acceptors (Lipinski definition) is 2. The minimum atomic E-state index is -9.96. The molecule has 1 aromatic carbocycles. The number of nitrogens with zero attached hydrogens (tertiary/aromatic N) is 1. The summed E-state index contributed by atoms with van der Waals surface area (Å²) in [7, 11) is -7.81. The first kappa shape index (κ1) is 15.6. The zero-order valence-corrected chi connectivity index (χ0v) is 10.5. The molecule has 0 saturated heterocycles. The molecule has 0 aliphatic heterocycles. The number of benzene rings is 1. The van der Waals surface area contributed by atoms with E-state index in [0.29, 0.717) is 11.1 Å². The van der Waals surface area contributed by atoms with Crippen molar-refractivity contribution in [2.24, 2.45) is 0 Å². The third kappa shape index (κ3) is 3.53. The van der Waals surface area contributed by atoms with E-state index in [-0.39, 0.29) is 6.07 Å². The van der Waals surface area contributed by atoms with Gasteiger partial charge in [0.15, 0.2) is 0 Å². The van der Waals surface area contributed by atoms with Gasteiger partial charge in [0.2, 0.25) is 0 Å². The molecule has 0 fully saturated rings. The predicted octanol–water partition coefficient (Wildman–Crippen LogP) is 4.12. The summed E-state index contributed by atoms with van der Waals surface area (Å²) in [6.45, 7) is 0. The molecular formula is C9H9F6NO2S. The normalized spacial score (nSPS) is 15.6. The van der Waals surface area contributed by atoms with E-state index < -0.39 is 38.5 Å². The van der Waals surface area contributed by atoms with Gasteiger partial charge in [-0.15, -0.1) is 0 Å². The molecule has 0 spiro atoms. The van der Waals surface area contributed by atoms with Crippen LogP contribution >= 0.6 is 10.2 Å². The number of carbonyl (C=O) groups excluding carboxylic acids is 1. The number of carbonyl (C=O) groups is 1. The highest BCUT2D eigenvalue weighted by atomic mass is 32.5. The Kier molecular flexibility index (Phi) is 3.12. The lowest BCUT2D eigenvalue weighted by Crippen LogP contribution is -2.26. The number of hydrogen-bond donors (Lipinski definition) is 0. The highest BCUT2D eigenvalue weighted by molar-refractivity contribution is 8.45. The fourth-order valence-corrected chi connectivity index (χ4v) is 1.81. The van der Waals surface area contributed by atoms with Gasteiger partial charge in [0.25, 0.3) is 5.91 Å². The van der Waals surface area contributed by atoms with E-state index in [1.165, 1.54) is 0 Å². The summed E-state index contributed by atoms with van der Waals surface area (Å²) >= 11 is 0. The van der Waals surface area contributed by atoms with Crippen LogP contribution in [0.4, 0.5) is 23.8 Å². The molecule has 0 heterocycles. The first-order chi connectivity index (χ1) is 8.26. The van der Waals surface area contributed by atoms with Crippen LogP contribution < -0.4 is 0 Å². The molecule has 0 radical (unpaired) electrons. The summed E-state index contributed by atoms with van der Waals surface area (Å²) in [5.74, 6) is -2.81. The first-order valence-electron chi connectivity index (χ1n) is 4.62. The Balaban J connectivity index is 3.32. The largest absolute Gasteiger partial charge is 0.310 e. The lowest BCUT2D eigenvalue weighted by atomic mass is 10.2. The van der Waals surface area contributed by atoms with Crippen LogP contribution in [-0.2, 0) is 4.84 Å². The van der Waals surface area contributed by atoms with E-state index in [0.717, 1.165) is 14.2 Å². The highest BCUT2D eigenvalue weighted by Gasteiger charge is 2.65. The Morgan fingerprint density at radius 1 is 1.21 bits per heavy atom. The van der Waals surface area contributed by atoms with E-state index in [1.54, 1.807) is 0 Å². The van der Waals surface area contributed by atoms with Gasteiger partial charge in [-0.2, -0.15) is 0 Å². The molecule has 1 aromatic rings. The Hall–Kier alpha value is -1.42. The molecule has 3 nitrogen and oxygen atoms in total. The summed E-state index contributed by atoms with van der Waals surface area (Å²) in [6.07, 6.45) is 0. The summed E-state index contributed by atoms with van der Waals surface area (Å²) in [6, 6.07) is -0.111. The average Bonchev–Trinajstić information content (AvgIpc) is 2.23. The molecule has 19 heavy (non-hydrogen) atoms. The van der Waals surface area contributed by atoms with Gasteiger partial charge in [0.1, 0.15) is 10.7 Å². The van der Waals surface area contributed by atoms with Crippen molar-refractivity contribution in [1.82, 2.24) is 5.06 Å². The molecule has 0 aromatic heterocycles. The van der Waals surface area contributed by atoms with Gasteiger partial charge in [-0.25, -0.2) is 9.45 Å². The molecule has 10 heteroatoms. The smallest absolute Gasteiger partial charge is 0.274 e. The van der Waals surface area contributed by atoms with Crippen LogP contribution in [0.2, 0.25) is 0 Å². The average molecular weight is 309 g/mol. The Morgan fingerprint density at radius 2 is 1.74 bits per heavy atom. The van der Waals surface area contributed by atoms with Gasteiger partial charge in [0, 0.05) is 7.05 Å². The van der Waals surface area contributed by atoms with Crippen LogP contribution in [0.5, 0.6) is 0 Å². The van der Waals surface area contributed by atoms with Crippen molar-refractivity contribution in [3.05, 3.63) is 29.6 Å². The van der Waals surface area contributed by atoms with Gasteiger partial charge in [-0.05, 0) is 18.2 Å². The zero-order chi connectivity index (χ0) is 15.1. The molecule has 0 saturated carbocycles. The van der Waals surface area contributed by atoms with Crippen molar-refractivity contribution in [3.63, 3.8) is 0 Å². The minimum Gasteiger partial charge on any atom is -0.274 e. The number of halogens is 6. The summed E-state index contributed by atoms with van der Waals surface area (Å²) < 4.78 is 75.3. The third-order valence-electron chi connectivity index (χ3n) is 2.18. The van der Waals surface area contributed by atoms with Crippen LogP contribution in [0.1, 0.15) is 10.4 Å². The first-order valence-corrected chi connectivity index (χ1v) is 6.57. The topological polar surface area (TPSA) is 29.5 Å². The second-order valence-corrected chi connectivity index (χ2v) is 6.01. The zero-order valence-electron chi connectivity index (χ0n) is 9.67. The van der Waals surface area contributed by atoms with Crippen molar-refractivity contribution < 1.29 is 33.5 Å². The fourth-order valence-electron chi connectivity index (χ4n) is 1.16. The van der Waals surface area contributed by atoms with Gasteiger partial charge in [0.05, 0.1) is 12.7 Å². The predicted molar refractivity (Wildman–Crippen MR) is 56.9 cm³/mol. The second-order valence-electron chi connectivity index (χ2n) is 3.60. The third-order valence-corrected chi connectivity index (χ3v) is 3.32. The van der Waals surface area contributed by atoms with Gasteiger partial charge in [-0.1, -0.05) is 19.4 Å². The molecule has 0 atom stereocenters. The van der Waals surface area contributed by atoms with Crippen molar-refractivity contribution in [2.45, 2.75) is 4.90 Å². The monoisotopic (exact) mass is 309 g/mol. The molecule has 0 aliphatic rings. The van der Waals surface area contributed by atoms with Crippen molar-refractivity contribution in [1.29, 1.82) is 0 Å². The SMILES string of the molecule is CON(C)C(=O)c1ccc(S(F)(F)(F)(F)F)cc1F. The molecule has 1 rings (SSSR count). The van der Waals surface area contributed by atoms with E-state index in [1.807, 2.05) is 0 Å². The Morgan fingerprint density at radius 3 is 2.11 bits per heavy atom. The summed E-state index contributed by atoms with van der Waals surface area (Å²) in [5.41, 5.74) is -0.810. The van der Waals surface area contributed by atoms with Gasteiger partial charge >= 0.3 is 10.2 Å². The molecule has 1 amide bonds. The quantitative estimate of drug-likeness (QED) is 0.621. The standard InChI is InChI=1S/C9H9F6NO2S/c1-16(18-2)9(17)7-4-3-6(5-8(7)10)19(11,12,13,14)15/h3-5H,1-2H3. The maximum atomic E-state index is 13.4. The van der Waals surface area contributed by atoms with Crippen LogP contribution in [0.3, 0.4) is 0 Å². The van der Waals surface area contributed by atoms with Crippen LogP contribution in [0.25, 0.3) is 0 Å². The van der Waals surface area contributed by atoms with Crippen LogP contribution in [0.15, 0.2) is 23.1 Å². The summed E-state index contributed by atoms with van der Waals surface area (Å²) in [5, 5.41) is 0.540. The lowest BCUT2D eigenvalue weighted by Gasteiger charge is -2.40. The van der Waals surface area contributed by atoms with Crippen molar-refractivity contribution in [3.8, 4) is 0 Å². The maximum Gasteiger partial charge on any atom is 0.310 e. The van der Waals surface area contributed by atoms with Crippen LogP contribution in [-0.4, -0.2) is 25.1 Å². The molecule has 0 aliphatic carbocycles. The fraction of sp³-hybridized carbons (Fsp3) is 0.222. The molecule has 110 valence electrons. The van der Waals surface area contributed by atoms with Crippen LogP contribution in [0, 0.1) is 5.82 Å². The van der Waals surface area contributed by atoms with E-state index in [2.05, 4.69) is 4.84 Å². The lowest BCUT2D eigenvalue weighted by molar-refractivity contribution is -0.0759. The minimum absolute atomic E-state index is 0.0403. The number of rotatable bonds is 3. The molecule has 0 N–H and O–H groups in total. The molecule has 0 unspecified atom stereocenters. The maximum absolute atomic E-state index is 13.4. The van der Waals surface area contributed by atoms with Gasteiger partial charge < -0.3 is 0 Å². The van der Waals surface area contributed by atoms with E-state index >= 15 is 0 Å². The van der Waals surface area contributed by atoms with E-state index in [9.17, 15) is 28.6 Å². The van der Waals surface area contributed by atoms with E-state index in [4.69, 9.17) is 0 Å². The summed E-state index contributed by atoms with van der Waals surface area (Å²) in [4.78, 5) is 13.4. The Labute approximate surface area is 104 Å². The van der Waals surface area contributed by atoms with Crippen molar-refractivity contribution >= 4 is 16.1 Å². The molecular weight excluding hydrogens is 300 g/mol.